The topological polar surface area (TPSA) is 59.4 Å². The van der Waals surface area contributed by atoms with Crippen molar-refractivity contribution in [2.45, 2.75) is 76.8 Å². The van der Waals surface area contributed by atoms with Crippen LogP contribution in [-0.2, 0) is 21.6 Å². The molecule has 44 heavy (non-hydrogen) atoms. The van der Waals surface area contributed by atoms with Crippen LogP contribution in [0.25, 0.3) is 23.1 Å². The Morgan fingerprint density at radius 3 is 2.57 bits per heavy atom. The van der Waals surface area contributed by atoms with E-state index >= 15 is 0 Å². The van der Waals surface area contributed by atoms with E-state index < -0.39 is 5.60 Å². The van der Waals surface area contributed by atoms with Crippen LogP contribution in [0.15, 0.2) is 78.9 Å². The highest BCUT2D eigenvalue weighted by Gasteiger charge is 2.45. The summed E-state index contributed by atoms with van der Waals surface area (Å²) in [6, 6.07) is 26.7. The summed E-state index contributed by atoms with van der Waals surface area (Å²) in [6.45, 7) is 7.50. The number of hydrogen-bond donors (Lipinski definition) is 1. The van der Waals surface area contributed by atoms with Gasteiger partial charge in [-0.05, 0) is 105 Å². The first-order chi connectivity index (χ1) is 21.0. The Bertz CT molecular complexity index is 1640. The van der Waals surface area contributed by atoms with E-state index in [2.05, 4.69) is 42.5 Å². The molecule has 230 valence electrons. The number of halogens is 1. The fourth-order valence-electron chi connectivity index (χ4n) is 5.65. The van der Waals surface area contributed by atoms with Gasteiger partial charge in [-0.2, -0.15) is 11.8 Å². The molecule has 1 heterocycles. The molecule has 3 aromatic carbocycles. The molecule has 0 amide bonds. The molecule has 0 spiro atoms. The minimum atomic E-state index is -0.902. The van der Waals surface area contributed by atoms with Gasteiger partial charge in [0.15, 0.2) is 0 Å². The lowest BCUT2D eigenvalue weighted by molar-refractivity contribution is -0.148. The van der Waals surface area contributed by atoms with Crippen LogP contribution in [0.3, 0.4) is 0 Å². The molecule has 0 bridgehead atoms. The van der Waals surface area contributed by atoms with Gasteiger partial charge in [-0.3, -0.25) is 4.79 Å². The number of hydrogen-bond acceptors (Lipinski definition) is 5. The molecule has 1 aliphatic carbocycles. The van der Waals surface area contributed by atoms with Crippen LogP contribution in [-0.4, -0.2) is 27.9 Å². The lowest BCUT2D eigenvalue weighted by atomic mass is 9.90. The number of carbonyl (C=O) groups excluding carboxylic acids is 1. The Hall–Kier alpha value is -3.12. The van der Waals surface area contributed by atoms with Crippen LogP contribution in [0.2, 0.25) is 5.02 Å². The molecule has 5 rings (SSSR count). The van der Waals surface area contributed by atoms with Gasteiger partial charge in [-0.1, -0.05) is 78.3 Å². The van der Waals surface area contributed by atoms with Gasteiger partial charge in [0.2, 0.25) is 0 Å². The lowest BCUT2D eigenvalue weighted by Gasteiger charge is -2.24. The lowest BCUT2D eigenvalue weighted by Crippen LogP contribution is -2.19. The van der Waals surface area contributed by atoms with E-state index in [1.165, 1.54) is 11.1 Å². The third kappa shape index (κ3) is 8.74. The fourth-order valence-corrected chi connectivity index (χ4v) is 7.38. The molecule has 0 aliphatic heterocycles. The third-order valence-corrected chi connectivity index (χ3v) is 10.1. The second-order valence-corrected chi connectivity index (χ2v) is 14.5. The van der Waals surface area contributed by atoms with Crippen molar-refractivity contribution in [3.05, 3.63) is 112 Å². The van der Waals surface area contributed by atoms with Crippen LogP contribution >= 0.6 is 23.4 Å². The molecule has 4 nitrogen and oxygen atoms in total. The molecular formula is C38H42ClNO3S. The number of aryl methyl sites for hydroxylation is 1. The zero-order valence-corrected chi connectivity index (χ0v) is 27.6. The van der Waals surface area contributed by atoms with E-state index in [0.29, 0.717) is 11.4 Å². The molecule has 6 heteroatoms. The number of aromatic nitrogens is 1. The SMILES string of the molecule is CC(C)OC(=O)CC1(CS[C@H](CCc2ccccc2C(C)(C)O)c2cccc(/C=C/c3ccc4ccc(Cl)cc4n3)c2)CC1. The Morgan fingerprint density at radius 2 is 1.82 bits per heavy atom. The van der Waals surface area contributed by atoms with Crippen LogP contribution < -0.4 is 0 Å². The average Bonchev–Trinajstić information content (AvgIpc) is 3.74. The van der Waals surface area contributed by atoms with Crippen molar-refractivity contribution < 1.29 is 14.6 Å². The Balaban J connectivity index is 1.36. The summed E-state index contributed by atoms with van der Waals surface area (Å²) < 4.78 is 5.49. The van der Waals surface area contributed by atoms with Crippen LogP contribution in [0.5, 0.6) is 0 Å². The highest BCUT2D eigenvalue weighted by Crippen LogP contribution is 2.53. The maximum absolute atomic E-state index is 12.5. The van der Waals surface area contributed by atoms with Crippen molar-refractivity contribution >= 4 is 52.4 Å². The molecule has 0 radical (unpaired) electrons. The molecule has 0 unspecified atom stereocenters. The Labute approximate surface area is 270 Å². The van der Waals surface area contributed by atoms with E-state index in [4.69, 9.17) is 21.3 Å². The van der Waals surface area contributed by atoms with E-state index in [-0.39, 0.29) is 22.7 Å². The zero-order chi connectivity index (χ0) is 31.3. The van der Waals surface area contributed by atoms with E-state index in [1.807, 2.05) is 88.0 Å². The second-order valence-electron chi connectivity index (χ2n) is 12.8. The van der Waals surface area contributed by atoms with Gasteiger partial charge in [0.25, 0.3) is 0 Å². The van der Waals surface area contributed by atoms with Crippen molar-refractivity contribution in [1.82, 2.24) is 4.98 Å². The van der Waals surface area contributed by atoms with Gasteiger partial charge in [0.1, 0.15) is 0 Å². The van der Waals surface area contributed by atoms with Gasteiger partial charge in [0, 0.05) is 21.4 Å². The summed E-state index contributed by atoms with van der Waals surface area (Å²) in [5.41, 5.74) is 5.40. The van der Waals surface area contributed by atoms with E-state index in [1.54, 1.807) is 0 Å². The van der Waals surface area contributed by atoms with Gasteiger partial charge in [-0.15, -0.1) is 0 Å². The van der Waals surface area contributed by atoms with Crippen molar-refractivity contribution in [2.75, 3.05) is 5.75 Å². The number of rotatable bonds is 13. The summed E-state index contributed by atoms with van der Waals surface area (Å²) in [4.78, 5) is 17.3. The quantitative estimate of drug-likeness (QED) is 0.150. The van der Waals surface area contributed by atoms with Crippen LogP contribution in [0, 0.1) is 5.41 Å². The van der Waals surface area contributed by atoms with Gasteiger partial charge in [0.05, 0.1) is 29.3 Å². The number of pyridine rings is 1. The number of nitrogens with zero attached hydrogens (tertiary/aromatic N) is 1. The Kier molecular flexibility index (Phi) is 10.2. The number of benzene rings is 3. The normalized spacial score (nSPS) is 15.2. The maximum Gasteiger partial charge on any atom is 0.306 e. The first kappa shape index (κ1) is 32.3. The Morgan fingerprint density at radius 1 is 1.05 bits per heavy atom. The molecule has 1 aliphatic rings. The number of fused-ring (bicyclic) bond motifs is 1. The summed E-state index contributed by atoms with van der Waals surface area (Å²) >= 11 is 8.14. The zero-order valence-electron chi connectivity index (χ0n) is 26.1. The molecule has 1 atom stereocenters. The van der Waals surface area contributed by atoms with E-state index in [9.17, 15) is 9.90 Å². The average molecular weight is 628 g/mol. The molecular weight excluding hydrogens is 586 g/mol. The van der Waals surface area contributed by atoms with Crippen molar-refractivity contribution in [3.8, 4) is 0 Å². The van der Waals surface area contributed by atoms with Gasteiger partial charge in [-0.25, -0.2) is 4.98 Å². The van der Waals surface area contributed by atoms with E-state index in [0.717, 1.165) is 59.2 Å². The molecule has 0 saturated heterocycles. The minimum absolute atomic E-state index is 0.0298. The first-order valence-corrected chi connectivity index (χ1v) is 16.9. The number of carbonyl (C=O) groups is 1. The minimum Gasteiger partial charge on any atom is -0.463 e. The van der Waals surface area contributed by atoms with Crippen molar-refractivity contribution in [2.24, 2.45) is 5.41 Å². The molecule has 1 aromatic heterocycles. The smallest absolute Gasteiger partial charge is 0.306 e. The van der Waals surface area contributed by atoms with Crippen molar-refractivity contribution in [1.29, 1.82) is 0 Å². The van der Waals surface area contributed by atoms with Gasteiger partial charge >= 0.3 is 5.97 Å². The molecule has 4 aromatic rings. The monoisotopic (exact) mass is 627 g/mol. The number of aliphatic hydroxyl groups is 1. The molecule has 1 N–H and O–H groups in total. The number of esters is 1. The predicted octanol–water partition coefficient (Wildman–Crippen LogP) is 9.81. The van der Waals surface area contributed by atoms with Crippen LogP contribution in [0.4, 0.5) is 0 Å². The summed E-state index contributed by atoms with van der Waals surface area (Å²) in [6.07, 6.45) is 8.45. The molecule has 1 fully saturated rings. The molecule has 1 saturated carbocycles. The number of ether oxygens (including phenoxy) is 1. The predicted molar refractivity (Wildman–Crippen MR) is 185 cm³/mol. The highest BCUT2D eigenvalue weighted by molar-refractivity contribution is 7.99. The number of thioether (sulfide) groups is 1. The summed E-state index contributed by atoms with van der Waals surface area (Å²) in [7, 11) is 0. The highest BCUT2D eigenvalue weighted by atomic mass is 35.5. The summed E-state index contributed by atoms with van der Waals surface area (Å²) in [5, 5.41) is 12.8. The first-order valence-electron chi connectivity index (χ1n) is 15.5. The van der Waals surface area contributed by atoms with Gasteiger partial charge < -0.3 is 9.84 Å². The second kappa shape index (κ2) is 13.9. The van der Waals surface area contributed by atoms with Crippen molar-refractivity contribution in [3.63, 3.8) is 0 Å². The summed E-state index contributed by atoms with van der Waals surface area (Å²) in [5.74, 6) is 0.826. The standard InChI is InChI=1S/C38H42ClNO3S/c1-26(2)43-36(41)24-38(20-21-38)25-44-35(19-15-28-9-5-6-11-33(28)37(3,4)42)30-10-7-8-27(22-30)12-17-32-18-14-29-13-16-31(39)23-34(29)40-32/h5-14,16-18,22-23,26,35,42H,15,19-21,24-25H2,1-4H3/b17-12+/t35-/m1/s1. The fraction of sp³-hybridized carbons (Fsp3) is 0.368. The third-order valence-electron chi connectivity index (χ3n) is 8.19. The van der Waals surface area contributed by atoms with Crippen LogP contribution in [0.1, 0.15) is 86.6 Å². The maximum atomic E-state index is 12.5. The largest absolute Gasteiger partial charge is 0.463 e.